The van der Waals surface area contributed by atoms with Crippen LogP contribution in [0.1, 0.15) is 58.2 Å². The van der Waals surface area contributed by atoms with E-state index in [9.17, 15) is 18.3 Å². The zero-order valence-corrected chi connectivity index (χ0v) is 31.3. The van der Waals surface area contributed by atoms with E-state index in [4.69, 9.17) is 9.97 Å². The summed E-state index contributed by atoms with van der Waals surface area (Å²) in [5, 5.41) is 12.2. The number of hydrogen-bond donors (Lipinski definition) is 1. The van der Waals surface area contributed by atoms with Gasteiger partial charge < -0.3 is 10.0 Å². The Bertz CT molecular complexity index is 2390. The molecular formula is C45H40F3N3OS. The number of halogens is 3. The number of pyridine rings is 1. The number of phenolic OH excluding ortho intramolecular Hbond substituents is 1. The minimum atomic E-state index is -4.62. The average Bonchev–Trinajstić information content (AvgIpc) is 3.56. The lowest BCUT2D eigenvalue weighted by Gasteiger charge is -2.27. The predicted molar refractivity (Wildman–Crippen MR) is 212 cm³/mol. The second-order valence-corrected chi connectivity index (χ2v) is 16.3. The number of hydrogen-bond acceptors (Lipinski definition) is 5. The molecule has 268 valence electrons. The molecule has 7 rings (SSSR count). The maximum Gasteiger partial charge on any atom is 0.416 e. The summed E-state index contributed by atoms with van der Waals surface area (Å²) in [5.41, 5.74) is 5.62. The molecule has 5 aromatic carbocycles. The van der Waals surface area contributed by atoms with Gasteiger partial charge in [0.2, 0.25) is 0 Å². The van der Waals surface area contributed by atoms with Crippen LogP contribution < -0.4 is 4.90 Å². The molecule has 0 atom stereocenters. The van der Waals surface area contributed by atoms with Crippen molar-refractivity contribution in [1.29, 1.82) is 0 Å². The van der Waals surface area contributed by atoms with Crippen LogP contribution in [0.5, 0.6) is 5.75 Å². The molecule has 0 unspecified atom stereocenters. The van der Waals surface area contributed by atoms with Crippen molar-refractivity contribution in [2.45, 2.75) is 58.5 Å². The molecule has 0 aliphatic heterocycles. The number of benzene rings is 5. The molecule has 0 amide bonds. The van der Waals surface area contributed by atoms with E-state index in [1.165, 1.54) is 11.3 Å². The lowest BCUT2D eigenvalue weighted by Crippen LogP contribution is -2.17. The Morgan fingerprint density at radius 1 is 0.566 bits per heavy atom. The number of fused-ring (bicyclic) bond motifs is 1. The van der Waals surface area contributed by atoms with Gasteiger partial charge in [0.25, 0.3) is 0 Å². The van der Waals surface area contributed by atoms with Crippen LogP contribution in [-0.4, -0.2) is 15.1 Å². The highest BCUT2D eigenvalue weighted by atomic mass is 32.1. The minimum absolute atomic E-state index is 0.158. The summed E-state index contributed by atoms with van der Waals surface area (Å²) in [6.45, 7) is 12.5. The third-order valence-electron chi connectivity index (χ3n) is 9.29. The molecule has 0 aliphatic rings. The Labute approximate surface area is 312 Å². The zero-order chi connectivity index (χ0) is 37.7. The van der Waals surface area contributed by atoms with Crippen molar-refractivity contribution < 1.29 is 18.3 Å². The third-order valence-corrected chi connectivity index (χ3v) is 10.3. The zero-order valence-electron chi connectivity index (χ0n) is 30.5. The maximum absolute atomic E-state index is 14.6. The van der Waals surface area contributed by atoms with Gasteiger partial charge >= 0.3 is 6.18 Å². The van der Waals surface area contributed by atoms with Gasteiger partial charge in [0.1, 0.15) is 10.8 Å². The summed E-state index contributed by atoms with van der Waals surface area (Å²) >= 11 is 1.40. The second-order valence-electron chi connectivity index (χ2n) is 15.3. The Morgan fingerprint density at radius 2 is 1.17 bits per heavy atom. The number of phenols is 1. The van der Waals surface area contributed by atoms with Gasteiger partial charge in [-0.15, -0.1) is 11.3 Å². The van der Waals surface area contributed by atoms with Crippen molar-refractivity contribution in [3.63, 3.8) is 0 Å². The van der Waals surface area contributed by atoms with E-state index in [0.29, 0.717) is 27.2 Å². The van der Waals surface area contributed by atoms with Crippen LogP contribution in [0, 0.1) is 0 Å². The van der Waals surface area contributed by atoms with E-state index < -0.39 is 11.7 Å². The van der Waals surface area contributed by atoms with Crippen LogP contribution in [-0.2, 0) is 17.0 Å². The molecule has 4 nitrogen and oxygen atoms in total. The Hall–Kier alpha value is -5.47. The van der Waals surface area contributed by atoms with Crippen LogP contribution in [0.15, 0.2) is 127 Å². The molecule has 7 aromatic rings. The van der Waals surface area contributed by atoms with E-state index in [1.807, 2.05) is 97.1 Å². The molecule has 0 radical (unpaired) electrons. The number of aromatic nitrogens is 2. The fourth-order valence-electron chi connectivity index (χ4n) is 6.46. The number of aromatic hydroxyl groups is 1. The number of rotatable bonds is 6. The van der Waals surface area contributed by atoms with Crippen LogP contribution >= 0.6 is 11.3 Å². The molecule has 0 bridgehead atoms. The van der Waals surface area contributed by atoms with Crippen molar-refractivity contribution in [3.8, 4) is 38.8 Å². The van der Waals surface area contributed by atoms with Crippen LogP contribution in [0.3, 0.4) is 0 Å². The van der Waals surface area contributed by atoms with E-state index in [2.05, 4.69) is 52.5 Å². The molecule has 2 aromatic heterocycles. The van der Waals surface area contributed by atoms with Crippen LogP contribution in [0.25, 0.3) is 43.3 Å². The third kappa shape index (κ3) is 7.29. The standard InChI is InChI=1S/C45H40F3N3OS/c1-43(2,3)29-24-35(41(52)36(25-29)44(4,5)6)42-50-40-34(21-14-22-39(40)53-42)38-27-30(45(46,47)48)26-37(49-38)28-15-13-20-33(23-28)51(31-16-9-7-10-17-31)32-18-11-8-12-19-32/h7-27,52H,1-6H3. The molecule has 0 fully saturated rings. The number of para-hydroxylation sites is 3. The first-order chi connectivity index (χ1) is 25.1. The minimum Gasteiger partial charge on any atom is -0.507 e. The number of thiazole rings is 1. The average molecular weight is 728 g/mol. The highest BCUT2D eigenvalue weighted by molar-refractivity contribution is 7.21. The molecule has 1 N–H and O–H groups in total. The lowest BCUT2D eigenvalue weighted by molar-refractivity contribution is -0.137. The highest BCUT2D eigenvalue weighted by Gasteiger charge is 2.33. The van der Waals surface area contributed by atoms with E-state index in [0.717, 1.165) is 45.0 Å². The van der Waals surface area contributed by atoms with Gasteiger partial charge in [0.05, 0.1) is 32.7 Å². The van der Waals surface area contributed by atoms with Crippen molar-refractivity contribution in [1.82, 2.24) is 9.97 Å². The van der Waals surface area contributed by atoms with Gasteiger partial charge in [0.15, 0.2) is 0 Å². The smallest absolute Gasteiger partial charge is 0.416 e. The van der Waals surface area contributed by atoms with Gasteiger partial charge in [-0.05, 0) is 77.1 Å². The lowest BCUT2D eigenvalue weighted by atomic mass is 9.79. The number of anilines is 3. The number of nitrogens with zero attached hydrogens (tertiary/aromatic N) is 3. The fraction of sp³-hybridized carbons (Fsp3) is 0.200. The highest BCUT2D eigenvalue weighted by Crippen LogP contribution is 2.46. The van der Waals surface area contributed by atoms with Gasteiger partial charge in [-0.25, -0.2) is 9.97 Å². The van der Waals surface area contributed by atoms with E-state index >= 15 is 0 Å². The molecule has 8 heteroatoms. The quantitative estimate of drug-likeness (QED) is 0.185. The van der Waals surface area contributed by atoms with Crippen LogP contribution in [0.4, 0.5) is 30.2 Å². The SMILES string of the molecule is CC(C)(C)c1cc(-c2nc3c(-c4cc(C(F)(F)F)cc(-c5cccc(N(c6ccccc6)c6ccccc6)c5)n4)cccc3s2)c(O)c(C(C)(C)C)c1. The first kappa shape index (κ1) is 35.9. The first-order valence-electron chi connectivity index (χ1n) is 17.5. The van der Waals surface area contributed by atoms with E-state index in [-0.39, 0.29) is 28.0 Å². The summed E-state index contributed by atoms with van der Waals surface area (Å²) < 4.78 is 44.6. The summed E-state index contributed by atoms with van der Waals surface area (Å²) in [6.07, 6.45) is -4.62. The molecule has 2 heterocycles. The molecule has 0 spiro atoms. The van der Waals surface area contributed by atoms with Crippen molar-refractivity contribution in [2.75, 3.05) is 4.90 Å². The summed E-state index contributed by atoms with van der Waals surface area (Å²) in [4.78, 5) is 11.9. The molecule has 53 heavy (non-hydrogen) atoms. The molecule has 0 saturated heterocycles. The van der Waals surface area contributed by atoms with Crippen molar-refractivity contribution >= 4 is 38.6 Å². The second kappa shape index (κ2) is 13.5. The predicted octanol–water partition coefficient (Wildman–Crippen LogP) is 13.5. The van der Waals surface area contributed by atoms with Crippen molar-refractivity contribution in [2.24, 2.45) is 0 Å². The van der Waals surface area contributed by atoms with Crippen molar-refractivity contribution in [3.05, 3.63) is 144 Å². The van der Waals surface area contributed by atoms with Crippen LogP contribution in [0.2, 0.25) is 0 Å². The fourth-order valence-corrected chi connectivity index (χ4v) is 7.47. The molecule has 0 aliphatic carbocycles. The summed E-state index contributed by atoms with van der Waals surface area (Å²) in [6, 6.07) is 38.8. The Kier molecular flexibility index (Phi) is 9.15. The summed E-state index contributed by atoms with van der Waals surface area (Å²) in [7, 11) is 0. The number of alkyl halides is 3. The normalized spacial score (nSPS) is 12.3. The molecule has 0 saturated carbocycles. The topological polar surface area (TPSA) is 49.2 Å². The Morgan fingerprint density at radius 3 is 1.77 bits per heavy atom. The van der Waals surface area contributed by atoms with Gasteiger partial charge in [-0.2, -0.15) is 13.2 Å². The van der Waals surface area contributed by atoms with Gasteiger partial charge in [-0.1, -0.05) is 108 Å². The van der Waals surface area contributed by atoms with Gasteiger partial charge in [0, 0.05) is 33.8 Å². The molecular weight excluding hydrogens is 688 g/mol. The Balaban J connectivity index is 1.38. The van der Waals surface area contributed by atoms with E-state index in [1.54, 1.807) is 12.1 Å². The first-order valence-corrected chi connectivity index (χ1v) is 18.3. The summed E-state index contributed by atoms with van der Waals surface area (Å²) in [5.74, 6) is 0.158. The maximum atomic E-state index is 14.6. The monoisotopic (exact) mass is 727 g/mol. The van der Waals surface area contributed by atoms with Gasteiger partial charge in [-0.3, -0.25) is 0 Å². The largest absolute Gasteiger partial charge is 0.507 e.